The van der Waals surface area contributed by atoms with E-state index in [9.17, 15) is 24.4 Å². The molecule has 0 spiro atoms. The Labute approximate surface area is 224 Å². The van der Waals surface area contributed by atoms with Gasteiger partial charge in [0.15, 0.2) is 11.0 Å². The topological polar surface area (TPSA) is 161 Å². The van der Waals surface area contributed by atoms with E-state index in [-0.39, 0.29) is 16.6 Å². The maximum atomic E-state index is 13.8. The molecule has 0 radical (unpaired) electrons. The lowest BCUT2D eigenvalue weighted by Crippen LogP contribution is -2.45. The third-order valence-electron chi connectivity index (χ3n) is 6.53. The van der Waals surface area contributed by atoms with Crippen LogP contribution in [0.2, 0.25) is 0 Å². The Morgan fingerprint density at radius 2 is 2.00 bits per heavy atom. The molecule has 38 heavy (non-hydrogen) atoms. The number of aliphatic hydroxyl groups is 2. The first kappa shape index (κ1) is 28.6. The maximum Gasteiger partial charge on any atom is 0.459 e. The minimum Gasteiger partial charge on any atom is -0.461 e. The first-order valence-electron chi connectivity index (χ1n) is 12.3. The first-order chi connectivity index (χ1) is 18.0. The van der Waals surface area contributed by atoms with E-state index in [2.05, 4.69) is 10.1 Å². The molecule has 6 atom stereocenters. The molecule has 0 bridgehead atoms. The average molecular weight is 570 g/mol. The summed E-state index contributed by atoms with van der Waals surface area (Å²) in [5, 5.41) is 24.4. The summed E-state index contributed by atoms with van der Waals surface area (Å²) in [6.45, 7) is 2.35. The van der Waals surface area contributed by atoms with Gasteiger partial charge in [-0.3, -0.25) is 23.7 Å². The number of nitrogens with zero attached hydrogens (tertiary/aromatic N) is 1. The maximum absolute atomic E-state index is 13.8. The summed E-state index contributed by atoms with van der Waals surface area (Å²) < 4.78 is 37.7. The Kier molecular flexibility index (Phi) is 8.88. The van der Waals surface area contributed by atoms with Crippen molar-refractivity contribution < 1.29 is 38.1 Å². The third-order valence-corrected chi connectivity index (χ3v) is 8.48. The summed E-state index contributed by atoms with van der Waals surface area (Å²) in [7, 11) is -4.22. The second kappa shape index (κ2) is 11.8. The molecule has 2 heterocycles. The van der Waals surface area contributed by atoms with Crippen molar-refractivity contribution in [3.63, 3.8) is 0 Å². The number of ether oxygens (including phenoxy) is 2. The Bertz CT molecular complexity index is 1280. The smallest absolute Gasteiger partial charge is 0.459 e. The third kappa shape index (κ3) is 6.60. The lowest BCUT2D eigenvalue weighted by Gasteiger charge is -2.28. The summed E-state index contributed by atoms with van der Waals surface area (Å²) in [5.41, 5.74) is -2.28. The van der Waals surface area contributed by atoms with E-state index in [1.165, 1.54) is 30.7 Å². The van der Waals surface area contributed by atoms with Gasteiger partial charge in [-0.05, 0) is 63.9 Å². The van der Waals surface area contributed by atoms with E-state index in [0.717, 1.165) is 25.7 Å². The van der Waals surface area contributed by atoms with Gasteiger partial charge in [0.1, 0.15) is 35.7 Å². The number of H-pyrrole nitrogens is 1. The molecular formula is C24H32N3O9PS. The number of rotatable bonds is 10. The molecule has 0 amide bonds. The number of hydrogen-bond donors (Lipinski definition) is 4. The van der Waals surface area contributed by atoms with E-state index < -0.39 is 56.0 Å². The monoisotopic (exact) mass is 569 g/mol. The quantitative estimate of drug-likeness (QED) is 0.189. The summed E-state index contributed by atoms with van der Waals surface area (Å²) in [6.07, 6.45) is 0.846. The molecule has 1 aromatic carbocycles. The summed E-state index contributed by atoms with van der Waals surface area (Å²) in [5.74, 6) is -0.373. The summed E-state index contributed by atoms with van der Waals surface area (Å²) in [4.78, 5) is 26.6. The van der Waals surface area contributed by atoms with Crippen molar-refractivity contribution in [2.75, 3.05) is 6.61 Å². The van der Waals surface area contributed by atoms with Gasteiger partial charge in [0.25, 0.3) is 5.56 Å². The minimum absolute atomic E-state index is 0.0223. The fourth-order valence-electron chi connectivity index (χ4n) is 4.43. The van der Waals surface area contributed by atoms with Gasteiger partial charge in [-0.25, -0.2) is 4.57 Å². The molecule has 208 valence electrons. The van der Waals surface area contributed by atoms with Crippen molar-refractivity contribution in [2.45, 2.75) is 75.7 Å². The van der Waals surface area contributed by atoms with Gasteiger partial charge in [-0.15, -0.1) is 0 Å². The molecule has 1 saturated heterocycles. The Hall–Kier alpha value is -2.38. The number of para-hydroxylation sites is 1. The number of carbonyl (C=O) groups excluding carboxylic acids is 1. The molecule has 1 aromatic heterocycles. The zero-order valence-corrected chi connectivity index (χ0v) is 22.7. The van der Waals surface area contributed by atoms with Crippen molar-refractivity contribution >= 4 is 25.9 Å². The van der Waals surface area contributed by atoms with Gasteiger partial charge in [0.2, 0.25) is 0 Å². The Balaban J connectivity index is 1.49. The zero-order chi connectivity index (χ0) is 27.5. The standard InChI is InChI=1S/C24H32N3O9PS/c1-15(21(30)34-16-8-6-7-9-16)26-37(32,36-17-10-4-3-5-11-17)33-14-18-20(29)24(2,31)22(35-18)27-13-12-19(28)25-23(27)38/h3-5,10-13,15-16,18,20,22,29,31H,6-9,14H2,1-2H3,(H,26,32)(H,25,28,38)/t15-,18+,20?,22+,24+,37?/m0/s1. The normalized spacial score (nSPS) is 28.1. The van der Waals surface area contributed by atoms with Crippen LogP contribution in [0.5, 0.6) is 5.75 Å². The predicted molar refractivity (Wildman–Crippen MR) is 138 cm³/mol. The lowest BCUT2D eigenvalue weighted by atomic mass is 9.96. The highest BCUT2D eigenvalue weighted by Crippen LogP contribution is 2.47. The van der Waals surface area contributed by atoms with E-state index in [1.807, 2.05) is 0 Å². The van der Waals surface area contributed by atoms with Crippen LogP contribution in [0.25, 0.3) is 0 Å². The molecule has 2 aliphatic rings. The van der Waals surface area contributed by atoms with Crippen molar-refractivity contribution in [3.8, 4) is 5.75 Å². The number of hydrogen-bond acceptors (Lipinski definition) is 10. The van der Waals surface area contributed by atoms with Gasteiger partial charge in [0, 0.05) is 12.3 Å². The average Bonchev–Trinajstić information content (AvgIpc) is 3.45. The fourth-order valence-corrected chi connectivity index (χ4v) is 6.19. The number of esters is 1. The van der Waals surface area contributed by atoms with Crippen LogP contribution in [-0.2, 0) is 23.4 Å². The molecule has 1 saturated carbocycles. The van der Waals surface area contributed by atoms with Crippen LogP contribution in [-0.4, -0.2) is 62.3 Å². The second-order valence-electron chi connectivity index (χ2n) is 9.61. The summed E-state index contributed by atoms with van der Waals surface area (Å²) >= 11 is 5.16. The van der Waals surface area contributed by atoms with Crippen LogP contribution >= 0.6 is 20.0 Å². The Morgan fingerprint density at radius 3 is 2.66 bits per heavy atom. The molecular weight excluding hydrogens is 537 g/mol. The molecule has 12 nitrogen and oxygen atoms in total. The van der Waals surface area contributed by atoms with Crippen LogP contribution in [0, 0.1) is 4.77 Å². The van der Waals surface area contributed by atoms with Crippen LogP contribution in [0.15, 0.2) is 47.4 Å². The second-order valence-corrected chi connectivity index (χ2v) is 11.7. The zero-order valence-electron chi connectivity index (χ0n) is 21.0. The molecule has 1 aliphatic carbocycles. The van der Waals surface area contributed by atoms with Gasteiger partial charge in [-0.1, -0.05) is 18.2 Å². The van der Waals surface area contributed by atoms with E-state index >= 15 is 0 Å². The highest BCUT2D eigenvalue weighted by molar-refractivity contribution is 7.71. The van der Waals surface area contributed by atoms with Crippen LogP contribution in [0.3, 0.4) is 0 Å². The van der Waals surface area contributed by atoms with Gasteiger partial charge < -0.3 is 24.2 Å². The van der Waals surface area contributed by atoms with Crippen LogP contribution in [0.4, 0.5) is 0 Å². The number of aromatic amines is 1. The number of carbonyl (C=O) groups is 1. The summed E-state index contributed by atoms with van der Waals surface area (Å²) in [6, 6.07) is 8.41. The van der Waals surface area contributed by atoms with Crippen LogP contribution < -0.4 is 15.2 Å². The van der Waals surface area contributed by atoms with Gasteiger partial charge in [0.05, 0.1) is 6.61 Å². The Morgan fingerprint density at radius 1 is 1.32 bits per heavy atom. The number of nitrogens with one attached hydrogen (secondary N) is 2. The van der Waals surface area contributed by atoms with Crippen LogP contribution in [0.1, 0.15) is 45.8 Å². The van der Waals surface area contributed by atoms with Crippen molar-refractivity contribution in [1.29, 1.82) is 0 Å². The molecule has 14 heteroatoms. The number of aliphatic hydroxyl groups excluding tert-OH is 1. The van der Waals surface area contributed by atoms with E-state index in [4.69, 9.17) is 30.7 Å². The van der Waals surface area contributed by atoms with Crippen molar-refractivity contribution in [1.82, 2.24) is 14.6 Å². The molecule has 2 aromatic rings. The molecule has 2 fully saturated rings. The fraction of sp³-hybridized carbons (Fsp3) is 0.542. The highest BCUT2D eigenvalue weighted by Gasteiger charge is 2.54. The van der Waals surface area contributed by atoms with E-state index in [1.54, 1.807) is 30.3 Å². The predicted octanol–water partition coefficient (Wildman–Crippen LogP) is 2.58. The lowest BCUT2D eigenvalue weighted by molar-refractivity contribution is -0.150. The number of benzene rings is 1. The molecule has 4 rings (SSSR count). The SMILES string of the molecule is C[C@H](NP(=O)(OC[C@H]1O[C@@H](n2ccc(=O)[nH]c2=S)[C@](C)(O)C1O)Oc1ccccc1)C(=O)OC1CCCC1. The van der Waals surface area contributed by atoms with E-state index in [0.29, 0.717) is 0 Å². The molecule has 2 unspecified atom stereocenters. The first-order valence-corrected chi connectivity index (χ1v) is 14.3. The highest BCUT2D eigenvalue weighted by atomic mass is 32.1. The number of aromatic nitrogens is 2. The molecule has 4 N–H and O–H groups in total. The largest absolute Gasteiger partial charge is 0.461 e. The minimum atomic E-state index is -4.22. The van der Waals surface area contributed by atoms with Gasteiger partial charge in [-0.2, -0.15) is 5.09 Å². The van der Waals surface area contributed by atoms with Crippen molar-refractivity contribution in [3.05, 3.63) is 57.7 Å². The molecule has 1 aliphatic heterocycles. The van der Waals surface area contributed by atoms with Crippen molar-refractivity contribution in [2.24, 2.45) is 0 Å². The van der Waals surface area contributed by atoms with Gasteiger partial charge >= 0.3 is 13.7 Å².